The van der Waals surface area contributed by atoms with Crippen LogP contribution in [0.3, 0.4) is 0 Å². The highest BCUT2D eigenvalue weighted by molar-refractivity contribution is 6.10. The SMILES string of the molecule is CN1CCN(c2ccc(C(=O)Nc3c[nH]c4ncnc(N5CCC(N6CCCC6)CC5)c34)cc2)CC1. The number of rotatable bonds is 5. The summed E-state index contributed by atoms with van der Waals surface area (Å²) in [6.45, 7) is 8.57. The summed E-state index contributed by atoms with van der Waals surface area (Å²) in [5.74, 6) is 0.783. The number of carbonyl (C=O) groups excluding carboxylic acids is 1. The van der Waals surface area contributed by atoms with Gasteiger partial charge in [0.05, 0.1) is 11.1 Å². The van der Waals surface area contributed by atoms with Gasteiger partial charge in [-0.05, 0) is 70.1 Å². The second-order valence-corrected chi connectivity index (χ2v) is 10.4. The first-order chi connectivity index (χ1) is 17.7. The number of fused-ring (bicyclic) bond motifs is 1. The number of likely N-dealkylation sites (tertiary alicyclic amines) is 1. The zero-order valence-electron chi connectivity index (χ0n) is 21.1. The normalized spacial score (nSPS) is 20.4. The average molecular weight is 489 g/mol. The lowest BCUT2D eigenvalue weighted by Gasteiger charge is -2.37. The Morgan fingerprint density at radius 3 is 2.36 bits per heavy atom. The lowest BCUT2D eigenvalue weighted by atomic mass is 10.0. The van der Waals surface area contributed by atoms with Crippen LogP contribution in [0, 0.1) is 0 Å². The van der Waals surface area contributed by atoms with E-state index < -0.39 is 0 Å². The number of piperidine rings is 1. The zero-order chi connectivity index (χ0) is 24.5. The molecule has 1 amide bonds. The smallest absolute Gasteiger partial charge is 0.255 e. The number of hydrogen-bond acceptors (Lipinski definition) is 7. The van der Waals surface area contributed by atoms with Crippen LogP contribution in [0.1, 0.15) is 36.0 Å². The number of anilines is 3. The second kappa shape index (κ2) is 10.1. The maximum atomic E-state index is 13.2. The van der Waals surface area contributed by atoms with E-state index in [1.807, 2.05) is 18.3 Å². The van der Waals surface area contributed by atoms with Crippen LogP contribution in [-0.4, -0.2) is 96.1 Å². The first kappa shape index (κ1) is 23.2. The summed E-state index contributed by atoms with van der Waals surface area (Å²) in [7, 11) is 2.16. The number of nitrogens with one attached hydrogen (secondary N) is 2. The summed E-state index contributed by atoms with van der Waals surface area (Å²) >= 11 is 0. The van der Waals surface area contributed by atoms with E-state index in [2.05, 4.69) is 59.0 Å². The fourth-order valence-electron chi connectivity index (χ4n) is 5.92. The molecule has 0 atom stereocenters. The molecule has 3 aromatic rings. The molecule has 0 saturated carbocycles. The molecule has 2 N–H and O–H groups in total. The number of carbonyl (C=O) groups is 1. The molecule has 3 fully saturated rings. The van der Waals surface area contributed by atoms with Crippen LogP contribution in [0.25, 0.3) is 11.0 Å². The summed E-state index contributed by atoms with van der Waals surface area (Å²) in [6.07, 6.45) is 8.41. The van der Waals surface area contributed by atoms with E-state index >= 15 is 0 Å². The summed E-state index contributed by atoms with van der Waals surface area (Å²) in [5, 5.41) is 4.00. The van der Waals surface area contributed by atoms with Gasteiger partial charge in [-0.25, -0.2) is 9.97 Å². The molecule has 9 nitrogen and oxygen atoms in total. The minimum absolute atomic E-state index is 0.122. The minimum atomic E-state index is -0.122. The Kier molecular flexibility index (Phi) is 6.50. The molecule has 1 aromatic carbocycles. The number of likely N-dealkylation sites (N-methyl/N-ethyl adjacent to an activating group) is 1. The van der Waals surface area contributed by atoms with E-state index in [1.54, 1.807) is 6.33 Å². The van der Waals surface area contributed by atoms with Crippen LogP contribution in [0.2, 0.25) is 0 Å². The van der Waals surface area contributed by atoms with Crippen molar-refractivity contribution in [3.8, 4) is 0 Å². The van der Waals surface area contributed by atoms with Gasteiger partial charge in [0.2, 0.25) is 0 Å². The highest BCUT2D eigenvalue weighted by atomic mass is 16.1. The molecule has 36 heavy (non-hydrogen) atoms. The van der Waals surface area contributed by atoms with Crippen molar-refractivity contribution in [1.82, 2.24) is 24.8 Å². The van der Waals surface area contributed by atoms with E-state index in [9.17, 15) is 4.79 Å². The monoisotopic (exact) mass is 488 g/mol. The topological polar surface area (TPSA) is 83.6 Å². The molecule has 3 aliphatic heterocycles. The van der Waals surface area contributed by atoms with Crippen LogP contribution >= 0.6 is 0 Å². The van der Waals surface area contributed by atoms with Crippen LogP contribution in [0.15, 0.2) is 36.8 Å². The van der Waals surface area contributed by atoms with Gasteiger partial charge >= 0.3 is 0 Å². The quantitative estimate of drug-likeness (QED) is 0.571. The van der Waals surface area contributed by atoms with E-state index in [0.29, 0.717) is 11.6 Å². The third-order valence-corrected chi connectivity index (χ3v) is 8.12. The van der Waals surface area contributed by atoms with Gasteiger partial charge in [-0.3, -0.25) is 4.79 Å². The van der Waals surface area contributed by atoms with E-state index in [-0.39, 0.29) is 5.91 Å². The predicted molar refractivity (Wildman–Crippen MR) is 144 cm³/mol. The Morgan fingerprint density at radius 2 is 1.64 bits per heavy atom. The highest BCUT2D eigenvalue weighted by Crippen LogP contribution is 2.33. The first-order valence-corrected chi connectivity index (χ1v) is 13.3. The molecule has 9 heteroatoms. The number of benzene rings is 1. The molecule has 5 heterocycles. The molecular weight excluding hydrogens is 452 g/mol. The van der Waals surface area contributed by atoms with Crippen molar-refractivity contribution >= 4 is 34.1 Å². The van der Waals surface area contributed by atoms with Gasteiger partial charge in [0.15, 0.2) is 0 Å². The predicted octanol–water partition coefficient (Wildman–Crippen LogP) is 3.03. The number of nitrogens with zero attached hydrogens (tertiary/aromatic N) is 6. The molecule has 0 spiro atoms. The second-order valence-electron chi connectivity index (χ2n) is 10.4. The largest absolute Gasteiger partial charge is 0.369 e. The molecule has 0 radical (unpaired) electrons. The van der Waals surface area contributed by atoms with Gasteiger partial charge < -0.3 is 29.9 Å². The summed E-state index contributed by atoms with van der Waals surface area (Å²) in [5.41, 5.74) is 3.30. The first-order valence-electron chi connectivity index (χ1n) is 13.3. The number of hydrogen-bond donors (Lipinski definition) is 2. The van der Waals surface area contributed by atoms with Crippen LogP contribution in [-0.2, 0) is 0 Å². The van der Waals surface area contributed by atoms with E-state index in [0.717, 1.165) is 74.6 Å². The maximum absolute atomic E-state index is 13.2. The van der Waals surface area contributed by atoms with Crippen LogP contribution in [0.5, 0.6) is 0 Å². The Bertz CT molecular complexity index is 1190. The Balaban J connectivity index is 1.16. The molecule has 2 aromatic heterocycles. The van der Waals surface area contributed by atoms with Crippen LogP contribution in [0.4, 0.5) is 17.2 Å². The maximum Gasteiger partial charge on any atom is 0.255 e. The standard InChI is InChI=1S/C27H36N8O/c1-32-14-16-34(17-15-32)21-6-4-20(5-7-21)27(36)31-23-18-28-25-24(23)26(30-19-29-25)35-12-8-22(9-13-35)33-10-2-3-11-33/h4-7,18-19,22H,2-3,8-17H2,1H3,(H,31,36)(H,28,29,30). The van der Waals surface area contributed by atoms with Crippen molar-refractivity contribution in [2.75, 3.05) is 74.5 Å². The van der Waals surface area contributed by atoms with Crippen molar-refractivity contribution < 1.29 is 4.79 Å². The third kappa shape index (κ3) is 4.65. The number of H-pyrrole nitrogens is 1. The summed E-state index contributed by atoms with van der Waals surface area (Å²) in [6, 6.07) is 8.61. The van der Waals surface area contributed by atoms with Crippen molar-refractivity contribution in [2.24, 2.45) is 0 Å². The van der Waals surface area contributed by atoms with Gasteiger partial charge in [0, 0.05) is 62.8 Å². The van der Waals surface area contributed by atoms with Gasteiger partial charge in [-0.2, -0.15) is 0 Å². The van der Waals surface area contributed by atoms with Gasteiger partial charge in [-0.1, -0.05) is 0 Å². The lowest BCUT2D eigenvalue weighted by Crippen LogP contribution is -2.44. The summed E-state index contributed by atoms with van der Waals surface area (Å²) in [4.78, 5) is 35.2. The van der Waals surface area contributed by atoms with Crippen molar-refractivity contribution in [1.29, 1.82) is 0 Å². The molecular formula is C27H36N8O. The number of aromatic nitrogens is 3. The van der Waals surface area contributed by atoms with Crippen molar-refractivity contribution in [3.63, 3.8) is 0 Å². The number of amides is 1. The fraction of sp³-hybridized carbons (Fsp3) is 0.519. The zero-order valence-corrected chi connectivity index (χ0v) is 21.1. The molecule has 0 aliphatic carbocycles. The van der Waals surface area contributed by atoms with Crippen molar-refractivity contribution in [2.45, 2.75) is 31.7 Å². The third-order valence-electron chi connectivity index (χ3n) is 8.12. The van der Waals surface area contributed by atoms with Crippen LogP contribution < -0.4 is 15.1 Å². The Hall–Kier alpha value is -3.17. The van der Waals surface area contributed by atoms with Gasteiger partial charge in [0.25, 0.3) is 5.91 Å². The number of piperazine rings is 1. The number of aromatic amines is 1. The Labute approximate surface area is 212 Å². The van der Waals surface area contributed by atoms with E-state index in [4.69, 9.17) is 0 Å². The fourth-order valence-corrected chi connectivity index (χ4v) is 5.92. The Morgan fingerprint density at radius 1 is 0.917 bits per heavy atom. The molecule has 3 aliphatic rings. The van der Waals surface area contributed by atoms with Crippen molar-refractivity contribution in [3.05, 3.63) is 42.4 Å². The molecule has 3 saturated heterocycles. The molecule has 6 rings (SSSR count). The average Bonchev–Trinajstić information content (AvgIpc) is 3.60. The summed E-state index contributed by atoms with van der Waals surface area (Å²) < 4.78 is 0. The van der Waals surface area contributed by atoms with Gasteiger partial charge in [0.1, 0.15) is 17.8 Å². The lowest BCUT2D eigenvalue weighted by molar-refractivity contribution is 0.102. The molecule has 0 unspecified atom stereocenters. The minimum Gasteiger partial charge on any atom is -0.369 e. The highest BCUT2D eigenvalue weighted by Gasteiger charge is 2.28. The van der Waals surface area contributed by atoms with E-state index in [1.165, 1.54) is 31.6 Å². The molecule has 0 bridgehead atoms. The molecule has 190 valence electrons. The van der Waals surface area contributed by atoms with Gasteiger partial charge in [-0.15, -0.1) is 0 Å².